The predicted molar refractivity (Wildman–Crippen MR) is 172 cm³/mol. The lowest BCUT2D eigenvalue weighted by molar-refractivity contribution is -0.140. The molecule has 0 bridgehead atoms. The maximum absolute atomic E-state index is 15.3. The Morgan fingerprint density at radius 2 is 1.14 bits per heavy atom. The van der Waals surface area contributed by atoms with E-state index < -0.39 is 11.6 Å². The molecule has 0 aliphatic heterocycles. The van der Waals surface area contributed by atoms with E-state index in [4.69, 9.17) is 4.74 Å². The third-order valence-corrected chi connectivity index (χ3v) is 12.6. The average molecular weight is 599 g/mol. The van der Waals surface area contributed by atoms with Gasteiger partial charge in [0.1, 0.15) is 0 Å². The summed E-state index contributed by atoms with van der Waals surface area (Å²) >= 11 is 0. The Labute approximate surface area is 261 Å². The minimum Gasteiger partial charge on any atom is -0.423 e. The van der Waals surface area contributed by atoms with Crippen LogP contribution in [-0.4, -0.2) is 5.97 Å². The van der Waals surface area contributed by atoms with Crippen LogP contribution in [0.3, 0.4) is 0 Å². The van der Waals surface area contributed by atoms with Gasteiger partial charge in [-0.05, 0) is 130 Å². The van der Waals surface area contributed by atoms with Gasteiger partial charge in [-0.25, -0.2) is 4.39 Å². The summed E-state index contributed by atoms with van der Waals surface area (Å²) in [5.41, 5.74) is 0.476. The molecule has 4 aliphatic carbocycles. The molecule has 4 aliphatic rings. The highest BCUT2D eigenvalue weighted by molar-refractivity contribution is 5.75. The first-order chi connectivity index (χ1) is 21.0. The zero-order chi connectivity index (χ0) is 30.2. The number of carbonyl (C=O) groups excluding carboxylic acids is 1. The predicted octanol–water partition coefficient (Wildman–Crippen LogP) is 11.9. The lowest BCUT2D eigenvalue weighted by Crippen LogP contribution is -2.30. The molecule has 4 fully saturated rings. The van der Waals surface area contributed by atoms with Crippen LogP contribution in [0.5, 0.6) is 5.75 Å². The molecule has 0 heterocycles. The quantitative estimate of drug-likeness (QED) is 0.144. The van der Waals surface area contributed by atoms with Gasteiger partial charge in [-0.2, -0.15) is 4.39 Å². The lowest BCUT2D eigenvalue weighted by atomic mass is 9.68. The van der Waals surface area contributed by atoms with Crippen molar-refractivity contribution in [3.05, 3.63) is 29.3 Å². The van der Waals surface area contributed by atoms with Gasteiger partial charge in [0.25, 0.3) is 0 Å². The largest absolute Gasteiger partial charge is 0.423 e. The molecule has 0 spiro atoms. The van der Waals surface area contributed by atoms with Gasteiger partial charge in [0.05, 0.1) is 5.92 Å². The van der Waals surface area contributed by atoms with E-state index >= 15 is 8.78 Å². The topological polar surface area (TPSA) is 26.3 Å². The Kier molecular flexibility index (Phi) is 12.4. The number of halogens is 2. The van der Waals surface area contributed by atoms with E-state index in [0.717, 1.165) is 81.0 Å². The van der Waals surface area contributed by atoms with E-state index in [1.54, 1.807) is 6.07 Å². The zero-order valence-electron chi connectivity index (χ0n) is 27.4. The Balaban J connectivity index is 1.05. The van der Waals surface area contributed by atoms with Gasteiger partial charge in [-0.3, -0.25) is 4.79 Å². The maximum atomic E-state index is 15.3. The van der Waals surface area contributed by atoms with Gasteiger partial charge in [0.2, 0.25) is 5.82 Å². The number of hydrogen-bond donors (Lipinski definition) is 0. The lowest BCUT2D eigenvalue weighted by Gasteiger charge is -2.38. The summed E-state index contributed by atoms with van der Waals surface area (Å²) < 4.78 is 36.0. The van der Waals surface area contributed by atoms with Gasteiger partial charge in [-0.15, -0.1) is 0 Å². The smallest absolute Gasteiger partial charge is 0.314 e. The number of unbranched alkanes of at least 4 members (excludes halogenated alkanes) is 2. The second-order valence-electron chi connectivity index (χ2n) is 15.3. The van der Waals surface area contributed by atoms with Gasteiger partial charge in [0, 0.05) is 0 Å². The molecule has 5 rings (SSSR count). The fraction of sp³-hybridized carbons (Fsp3) is 0.821. The van der Waals surface area contributed by atoms with Crippen molar-refractivity contribution in [2.75, 3.05) is 0 Å². The van der Waals surface area contributed by atoms with Gasteiger partial charge < -0.3 is 4.74 Å². The minimum absolute atomic E-state index is 0.0631. The Morgan fingerprint density at radius 3 is 1.67 bits per heavy atom. The first kappa shape index (κ1) is 32.9. The molecular weight excluding hydrogens is 538 g/mol. The van der Waals surface area contributed by atoms with E-state index in [2.05, 4.69) is 13.8 Å². The fourth-order valence-corrected chi connectivity index (χ4v) is 9.85. The SMILES string of the molecule is CCCCCC1CCC(C2CCC(c3ccc(OC(=O)C4CCC(C5CCC(CCC)CC5)CC4)c(F)c3F)CC2)CC1. The number of ether oxygens (including phenoxy) is 1. The second kappa shape index (κ2) is 16.2. The highest BCUT2D eigenvalue weighted by atomic mass is 19.2. The summed E-state index contributed by atoms with van der Waals surface area (Å²) in [6.07, 6.45) is 26.8. The Bertz CT molecular complexity index is 991. The summed E-state index contributed by atoms with van der Waals surface area (Å²) in [6, 6.07) is 3.21. The number of hydrogen-bond acceptors (Lipinski definition) is 2. The first-order valence-electron chi connectivity index (χ1n) is 18.7. The van der Waals surface area contributed by atoms with Crippen molar-refractivity contribution in [1.29, 1.82) is 0 Å². The van der Waals surface area contributed by atoms with Crippen LogP contribution in [0.25, 0.3) is 0 Å². The minimum atomic E-state index is -0.980. The third-order valence-electron chi connectivity index (χ3n) is 12.6. The Morgan fingerprint density at radius 1 is 0.628 bits per heavy atom. The second-order valence-corrected chi connectivity index (χ2v) is 15.3. The number of carbonyl (C=O) groups is 1. The van der Waals surface area contributed by atoms with Crippen molar-refractivity contribution in [2.24, 2.45) is 41.4 Å². The van der Waals surface area contributed by atoms with Gasteiger partial charge in [-0.1, -0.05) is 84.1 Å². The molecule has 1 aromatic carbocycles. The zero-order valence-corrected chi connectivity index (χ0v) is 27.4. The molecule has 2 nitrogen and oxygen atoms in total. The third kappa shape index (κ3) is 8.63. The van der Waals surface area contributed by atoms with Gasteiger partial charge >= 0.3 is 5.97 Å². The van der Waals surface area contributed by atoms with Gasteiger partial charge in [0.15, 0.2) is 11.6 Å². The molecule has 0 saturated heterocycles. The van der Waals surface area contributed by atoms with Crippen molar-refractivity contribution in [3.63, 3.8) is 0 Å². The van der Waals surface area contributed by atoms with E-state index in [9.17, 15) is 4.79 Å². The molecule has 43 heavy (non-hydrogen) atoms. The van der Waals surface area contributed by atoms with Crippen LogP contribution in [0.2, 0.25) is 0 Å². The molecule has 0 amide bonds. The summed E-state index contributed by atoms with van der Waals surface area (Å²) in [7, 11) is 0. The van der Waals surface area contributed by atoms with Crippen LogP contribution in [0.4, 0.5) is 8.78 Å². The summed E-state index contributed by atoms with van der Waals surface area (Å²) in [5, 5.41) is 0. The fourth-order valence-electron chi connectivity index (χ4n) is 9.85. The molecule has 0 aromatic heterocycles. The average Bonchev–Trinajstić information content (AvgIpc) is 3.04. The van der Waals surface area contributed by atoms with E-state index in [0.29, 0.717) is 11.5 Å². The summed E-state index contributed by atoms with van der Waals surface area (Å²) in [5.74, 6) is 2.40. The van der Waals surface area contributed by atoms with Crippen molar-refractivity contribution >= 4 is 5.97 Å². The molecule has 0 atom stereocenters. The highest BCUT2D eigenvalue weighted by Crippen LogP contribution is 2.46. The van der Waals surface area contributed by atoms with Crippen LogP contribution in [0.1, 0.15) is 167 Å². The van der Waals surface area contributed by atoms with Crippen LogP contribution < -0.4 is 4.74 Å². The maximum Gasteiger partial charge on any atom is 0.314 e. The molecule has 242 valence electrons. The van der Waals surface area contributed by atoms with Crippen LogP contribution >= 0.6 is 0 Å². The molecule has 0 N–H and O–H groups in total. The molecule has 1 aromatic rings. The monoisotopic (exact) mass is 598 g/mol. The van der Waals surface area contributed by atoms with Crippen LogP contribution in [-0.2, 0) is 4.79 Å². The molecule has 0 radical (unpaired) electrons. The molecule has 4 saturated carbocycles. The van der Waals surface area contributed by atoms with E-state index in [1.165, 1.54) is 96.0 Å². The molecule has 4 heteroatoms. The van der Waals surface area contributed by atoms with E-state index in [1.807, 2.05) is 0 Å². The summed E-state index contributed by atoms with van der Waals surface area (Å²) in [4.78, 5) is 13.0. The van der Waals surface area contributed by atoms with Crippen molar-refractivity contribution in [3.8, 4) is 5.75 Å². The number of esters is 1. The standard InChI is InChI=1S/C39H60F2O2/c1-3-5-6-8-28-11-15-30(16-12-28)31-17-21-33(22-18-31)35-25-26-36(38(41)37(35)40)43-39(42)34-23-19-32(20-24-34)29-13-9-27(7-4-2)10-14-29/h25-34H,3-24H2,1-2H3. The molecule has 0 unspecified atom stereocenters. The van der Waals surface area contributed by atoms with E-state index in [-0.39, 0.29) is 23.6 Å². The van der Waals surface area contributed by atoms with Crippen molar-refractivity contribution in [2.45, 2.75) is 161 Å². The summed E-state index contributed by atoms with van der Waals surface area (Å²) in [6.45, 7) is 4.56. The normalized spacial score (nSPS) is 33.7. The van der Waals surface area contributed by atoms with Crippen LogP contribution in [0.15, 0.2) is 12.1 Å². The number of benzene rings is 1. The van der Waals surface area contributed by atoms with Crippen LogP contribution in [0, 0.1) is 53.1 Å². The highest BCUT2D eigenvalue weighted by Gasteiger charge is 2.35. The Hall–Kier alpha value is -1.45. The number of rotatable bonds is 11. The first-order valence-corrected chi connectivity index (χ1v) is 18.7. The van der Waals surface area contributed by atoms with Crippen molar-refractivity contribution in [1.82, 2.24) is 0 Å². The molecular formula is C39H60F2O2. The van der Waals surface area contributed by atoms with Crippen molar-refractivity contribution < 1.29 is 18.3 Å².